The fraction of sp³-hybridized carbons (Fsp3) is 0.452. The summed E-state index contributed by atoms with van der Waals surface area (Å²) in [6.07, 6.45) is 0.0659. The molecule has 0 saturated heterocycles. The van der Waals surface area contributed by atoms with E-state index in [0.717, 1.165) is 0 Å². The SMILES string of the molecule is CCOC(C)(C)CCC(=O)NC(C)C(=O)NC(CCCNC(N)=O)C(=O)Nc1ccc(COC(=O)Oc2ccc([N+](=O)[O-])cc2)cc1. The van der Waals surface area contributed by atoms with Crippen LogP contribution < -0.4 is 31.7 Å². The Morgan fingerprint density at radius 1 is 0.979 bits per heavy atom. The number of primary amides is 1. The molecule has 2 aromatic carbocycles. The Kier molecular flexibility index (Phi) is 15.1. The van der Waals surface area contributed by atoms with Gasteiger partial charge >= 0.3 is 12.2 Å². The zero-order valence-corrected chi connectivity index (χ0v) is 26.8. The molecule has 2 atom stereocenters. The van der Waals surface area contributed by atoms with Crippen LogP contribution in [0.15, 0.2) is 48.5 Å². The number of urea groups is 1. The van der Waals surface area contributed by atoms with E-state index in [9.17, 15) is 34.1 Å². The van der Waals surface area contributed by atoms with E-state index in [2.05, 4.69) is 21.3 Å². The number of anilines is 1. The molecule has 16 nitrogen and oxygen atoms in total. The molecular formula is C31H42N6O10. The molecule has 5 amide bonds. The van der Waals surface area contributed by atoms with Crippen molar-refractivity contribution in [2.24, 2.45) is 5.73 Å². The molecule has 2 rings (SSSR count). The van der Waals surface area contributed by atoms with Crippen molar-refractivity contribution < 1.29 is 43.1 Å². The summed E-state index contributed by atoms with van der Waals surface area (Å²) < 4.78 is 15.7. The molecule has 0 heterocycles. The van der Waals surface area contributed by atoms with Crippen LogP contribution >= 0.6 is 0 Å². The Hall–Kier alpha value is -5.25. The third-order valence-corrected chi connectivity index (χ3v) is 6.69. The molecule has 0 aromatic heterocycles. The van der Waals surface area contributed by atoms with E-state index in [4.69, 9.17) is 19.9 Å². The van der Waals surface area contributed by atoms with Gasteiger partial charge in [0.2, 0.25) is 17.7 Å². The Labute approximate surface area is 272 Å². The average Bonchev–Trinajstić information content (AvgIpc) is 3.01. The highest BCUT2D eigenvalue weighted by Crippen LogP contribution is 2.19. The van der Waals surface area contributed by atoms with E-state index in [1.807, 2.05) is 20.8 Å². The number of nitro benzene ring substituents is 1. The summed E-state index contributed by atoms with van der Waals surface area (Å²) in [7, 11) is 0. The first-order chi connectivity index (χ1) is 22.2. The predicted octanol–water partition coefficient (Wildman–Crippen LogP) is 3.28. The standard InChI is InChI=1S/C31H42N6O10/c1-5-46-31(3,4)17-16-26(38)34-20(2)27(39)36-25(7-6-18-33-29(32)41)28(40)35-22-10-8-21(9-11-22)19-45-30(42)47-24-14-12-23(13-15-24)37(43)44/h8-15,20,25H,5-7,16-19H2,1-4H3,(H,34,38)(H,35,40)(H,36,39)(H3,32,33,41). The van der Waals surface area contributed by atoms with Crippen molar-refractivity contribution in [3.8, 4) is 5.75 Å². The summed E-state index contributed by atoms with van der Waals surface area (Å²) in [6.45, 7) is 7.66. The lowest BCUT2D eigenvalue weighted by Gasteiger charge is -2.25. The van der Waals surface area contributed by atoms with Gasteiger partial charge in [-0.3, -0.25) is 24.5 Å². The van der Waals surface area contributed by atoms with Gasteiger partial charge in [-0.15, -0.1) is 0 Å². The van der Waals surface area contributed by atoms with Crippen LogP contribution in [0.3, 0.4) is 0 Å². The second-order valence-corrected chi connectivity index (χ2v) is 11.1. The Morgan fingerprint density at radius 2 is 1.64 bits per heavy atom. The van der Waals surface area contributed by atoms with Gasteiger partial charge in [0.15, 0.2) is 0 Å². The van der Waals surface area contributed by atoms with Crippen molar-refractivity contribution in [2.75, 3.05) is 18.5 Å². The fourth-order valence-corrected chi connectivity index (χ4v) is 4.16. The molecule has 0 bridgehead atoms. The average molecular weight is 659 g/mol. The highest BCUT2D eigenvalue weighted by atomic mass is 16.7. The summed E-state index contributed by atoms with van der Waals surface area (Å²) in [5, 5.41) is 21.2. The number of hydrogen-bond donors (Lipinski definition) is 5. The predicted molar refractivity (Wildman–Crippen MR) is 170 cm³/mol. The normalized spacial score (nSPS) is 12.2. The molecular weight excluding hydrogens is 616 g/mol. The van der Waals surface area contributed by atoms with Crippen molar-refractivity contribution >= 4 is 41.3 Å². The molecule has 0 saturated carbocycles. The first-order valence-electron chi connectivity index (χ1n) is 14.9. The maximum Gasteiger partial charge on any atom is 0.514 e. The number of benzene rings is 2. The van der Waals surface area contributed by atoms with E-state index < -0.39 is 46.6 Å². The van der Waals surface area contributed by atoms with Gasteiger partial charge in [-0.25, -0.2) is 9.59 Å². The quantitative estimate of drug-likeness (QED) is 0.0516. The van der Waals surface area contributed by atoms with Crippen LogP contribution in [0.1, 0.15) is 58.9 Å². The lowest BCUT2D eigenvalue weighted by molar-refractivity contribution is -0.384. The summed E-state index contributed by atoms with van der Waals surface area (Å²) in [5.74, 6) is -1.37. The minimum Gasteiger partial charge on any atom is -0.429 e. The molecule has 0 spiro atoms. The number of carbonyl (C=O) groups excluding carboxylic acids is 5. The Balaban J connectivity index is 1.93. The van der Waals surface area contributed by atoms with E-state index in [0.29, 0.717) is 30.7 Å². The number of nitro groups is 1. The van der Waals surface area contributed by atoms with Crippen LogP contribution in [0.4, 0.5) is 21.0 Å². The van der Waals surface area contributed by atoms with Gasteiger partial charge in [-0.05, 0) is 76.8 Å². The molecule has 2 aromatic rings. The van der Waals surface area contributed by atoms with Crippen LogP contribution in [-0.2, 0) is 30.5 Å². The van der Waals surface area contributed by atoms with Crippen LogP contribution in [0.25, 0.3) is 0 Å². The number of rotatable bonds is 18. The molecule has 0 radical (unpaired) electrons. The smallest absolute Gasteiger partial charge is 0.429 e. The Morgan fingerprint density at radius 3 is 2.23 bits per heavy atom. The molecule has 2 unspecified atom stereocenters. The van der Waals surface area contributed by atoms with Gasteiger partial charge in [-0.1, -0.05) is 12.1 Å². The highest BCUT2D eigenvalue weighted by Gasteiger charge is 2.25. The maximum absolute atomic E-state index is 13.2. The van der Waals surface area contributed by atoms with Gasteiger partial charge < -0.3 is 41.2 Å². The lowest BCUT2D eigenvalue weighted by atomic mass is 10.0. The number of non-ortho nitro benzene ring substituents is 1. The summed E-state index contributed by atoms with van der Waals surface area (Å²) in [4.78, 5) is 71.7. The van der Waals surface area contributed by atoms with Crippen molar-refractivity contribution in [3.05, 3.63) is 64.2 Å². The van der Waals surface area contributed by atoms with Gasteiger partial charge in [0, 0.05) is 37.4 Å². The number of ether oxygens (including phenoxy) is 3. The van der Waals surface area contributed by atoms with Crippen LogP contribution in [0.2, 0.25) is 0 Å². The molecule has 0 fully saturated rings. The third-order valence-electron chi connectivity index (χ3n) is 6.69. The van der Waals surface area contributed by atoms with Crippen molar-refractivity contribution in [3.63, 3.8) is 0 Å². The number of carbonyl (C=O) groups is 5. The minimum absolute atomic E-state index is 0.0732. The first-order valence-corrected chi connectivity index (χ1v) is 14.9. The number of nitrogens with one attached hydrogen (secondary N) is 4. The zero-order valence-electron chi connectivity index (χ0n) is 26.8. The van der Waals surface area contributed by atoms with E-state index >= 15 is 0 Å². The maximum atomic E-state index is 13.2. The minimum atomic E-state index is -1.01. The van der Waals surface area contributed by atoms with E-state index in [1.165, 1.54) is 31.2 Å². The molecule has 16 heteroatoms. The largest absolute Gasteiger partial charge is 0.514 e. The number of amides is 5. The van der Waals surface area contributed by atoms with E-state index in [-0.39, 0.29) is 43.3 Å². The van der Waals surface area contributed by atoms with Crippen LogP contribution in [0, 0.1) is 10.1 Å². The van der Waals surface area contributed by atoms with E-state index in [1.54, 1.807) is 24.3 Å². The monoisotopic (exact) mass is 658 g/mol. The molecule has 0 aliphatic carbocycles. The molecule has 0 aliphatic rings. The zero-order chi connectivity index (χ0) is 35.0. The molecule has 0 aliphatic heterocycles. The van der Waals surface area contributed by atoms with Crippen LogP contribution in [-0.4, -0.2) is 65.7 Å². The lowest BCUT2D eigenvalue weighted by Crippen LogP contribution is -2.51. The summed E-state index contributed by atoms with van der Waals surface area (Å²) in [5.41, 5.74) is 5.42. The second-order valence-electron chi connectivity index (χ2n) is 11.1. The van der Waals surface area contributed by atoms with Crippen molar-refractivity contribution in [2.45, 2.75) is 77.7 Å². The Bertz CT molecular complexity index is 1380. The number of hydrogen-bond acceptors (Lipinski definition) is 10. The van der Waals surface area contributed by atoms with Crippen molar-refractivity contribution in [1.82, 2.24) is 16.0 Å². The molecule has 256 valence electrons. The molecule has 47 heavy (non-hydrogen) atoms. The molecule has 6 N–H and O–H groups in total. The topological polar surface area (TPSA) is 230 Å². The van der Waals surface area contributed by atoms with Gasteiger partial charge in [0.1, 0.15) is 24.4 Å². The number of nitrogens with two attached hydrogens (primary N) is 1. The van der Waals surface area contributed by atoms with Crippen LogP contribution in [0.5, 0.6) is 5.75 Å². The summed E-state index contributed by atoms with van der Waals surface area (Å²) in [6, 6.07) is 8.60. The van der Waals surface area contributed by atoms with Gasteiger partial charge in [-0.2, -0.15) is 0 Å². The second kappa shape index (κ2) is 18.7. The van der Waals surface area contributed by atoms with Crippen molar-refractivity contribution in [1.29, 1.82) is 0 Å². The highest BCUT2D eigenvalue weighted by molar-refractivity contribution is 5.98. The first kappa shape index (κ1) is 37.9. The van der Waals surface area contributed by atoms with Gasteiger partial charge in [0.25, 0.3) is 5.69 Å². The summed E-state index contributed by atoms with van der Waals surface area (Å²) >= 11 is 0. The third kappa shape index (κ3) is 14.6. The number of nitrogens with zero attached hydrogens (tertiary/aromatic N) is 1. The fourth-order valence-electron chi connectivity index (χ4n) is 4.16. The van der Waals surface area contributed by atoms with Gasteiger partial charge in [0.05, 0.1) is 10.5 Å².